The van der Waals surface area contributed by atoms with E-state index in [1.165, 1.54) is 70.6 Å². The van der Waals surface area contributed by atoms with Gasteiger partial charge in [-0.1, -0.05) is 76.9 Å². The molecular formula is C21H41O4+. The van der Waals surface area contributed by atoms with Crippen molar-refractivity contribution in [3.63, 3.8) is 0 Å². The molecule has 0 bridgehead atoms. The first kappa shape index (κ1) is 24.1. The van der Waals surface area contributed by atoms with Crippen LogP contribution in [0.2, 0.25) is 0 Å². The average Bonchev–Trinajstić information content (AvgIpc) is 2.63. The summed E-state index contributed by atoms with van der Waals surface area (Å²) < 4.78 is 4.86. The first-order valence-electron chi connectivity index (χ1n) is 10.3. The number of rotatable bonds is 18. The van der Waals surface area contributed by atoms with Crippen LogP contribution in [-0.2, 0) is 9.53 Å². The van der Waals surface area contributed by atoms with E-state index in [4.69, 9.17) is 14.9 Å². The highest BCUT2D eigenvalue weighted by Gasteiger charge is 2.14. The molecule has 4 nitrogen and oxygen atoms in total. The first-order valence-corrected chi connectivity index (χ1v) is 10.3. The number of unbranched alkanes of at least 4 members (excludes halogenated alkanes) is 12. The first-order chi connectivity index (χ1) is 12.2. The molecule has 0 fully saturated rings. The molecule has 148 valence electrons. The van der Waals surface area contributed by atoms with Crippen LogP contribution in [-0.4, -0.2) is 35.5 Å². The van der Waals surface area contributed by atoms with Crippen molar-refractivity contribution in [2.45, 2.75) is 103 Å². The normalized spacial score (nSPS) is 12.6. The molecule has 4 heteroatoms. The summed E-state index contributed by atoms with van der Waals surface area (Å²) in [6, 6.07) is 0. The highest BCUT2D eigenvalue weighted by Crippen LogP contribution is 2.10. The summed E-state index contributed by atoms with van der Waals surface area (Å²) in [6.45, 7) is 2.01. The van der Waals surface area contributed by atoms with Crippen molar-refractivity contribution in [3.8, 4) is 0 Å². The number of aliphatic hydroxyl groups excluding tert-OH is 2. The summed E-state index contributed by atoms with van der Waals surface area (Å²) in [5.74, 6) is -0.727. The second kappa shape index (κ2) is 19.5. The molecule has 0 aromatic rings. The minimum Gasteiger partial charge on any atom is -0.464 e. The standard InChI is InChI=1S/C21H40O4/c1-2-3-4-5-6-7-8-9-10-11-12-13-14-15-16-17-18-25-21(24)20(23)19-22/h9-10,20,22-23H,2-8,11-19H2,1H3/p+1/b10-9-/t20-/m1/s1. The molecule has 0 aromatic carbocycles. The van der Waals surface area contributed by atoms with Crippen LogP contribution in [0.4, 0.5) is 0 Å². The van der Waals surface area contributed by atoms with Gasteiger partial charge in [-0.3, -0.25) is 0 Å². The SMILES string of the molecule is CCCCCCCC/C=C\CCCCCCCCOC(=O)[C@H](O)CO.[H+]. The number of carbonyl (C=O) groups excluding carboxylic acids is 1. The smallest absolute Gasteiger partial charge is 0.464 e. The number of esters is 1. The fourth-order valence-electron chi connectivity index (χ4n) is 2.69. The van der Waals surface area contributed by atoms with Crippen molar-refractivity contribution in [3.05, 3.63) is 12.2 Å². The van der Waals surface area contributed by atoms with E-state index >= 15 is 0 Å². The lowest BCUT2D eigenvalue weighted by Crippen LogP contribution is -2.26. The van der Waals surface area contributed by atoms with Gasteiger partial charge in [0.25, 0.3) is 0 Å². The molecule has 1 atom stereocenters. The summed E-state index contributed by atoms with van der Waals surface area (Å²) in [5.41, 5.74) is 0. The lowest BCUT2D eigenvalue weighted by Gasteiger charge is -2.07. The molecule has 0 aromatic heterocycles. The maximum absolute atomic E-state index is 11.1. The fraction of sp³-hybridized carbons (Fsp3) is 0.857. The van der Waals surface area contributed by atoms with Crippen LogP contribution in [0.25, 0.3) is 0 Å². The molecule has 0 unspecified atom stereocenters. The van der Waals surface area contributed by atoms with Crippen LogP contribution in [0.15, 0.2) is 12.2 Å². The third-order valence-electron chi connectivity index (χ3n) is 4.35. The van der Waals surface area contributed by atoms with Gasteiger partial charge in [-0.15, -0.1) is 0 Å². The maximum Gasteiger partial charge on any atom is 1.00 e. The van der Waals surface area contributed by atoms with E-state index in [1.54, 1.807) is 0 Å². The van der Waals surface area contributed by atoms with Crippen molar-refractivity contribution >= 4 is 5.97 Å². The van der Waals surface area contributed by atoms with Crippen LogP contribution in [0.5, 0.6) is 0 Å². The Hall–Kier alpha value is -0.870. The van der Waals surface area contributed by atoms with E-state index in [-0.39, 0.29) is 1.43 Å². The largest absolute Gasteiger partial charge is 1.00 e. The molecule has 0 heterocycles. The van der Waals surface area contributed by atoms with Crippen LogP contribution in [0.3, 0.4) is 0 Å². The zero-order valence-electron chi connectivity index (χ0n) is 17.3. The molecule has 0 rings (SSSR count). The number of aliphatic hydroxyl groups is 2. The number of carbonyl (C=O) groups is 1. The number of hydrogen-bond donors (Lipinski definition) is 2. The predicted octanol–water partition coefficient (Wildman–Crippen LogP) is 5.03. The second-order valence-corrected chi connectivity index (χ2v) is 6.80. The molecule has 25 heavy (non-hydrogen) atoms. The van der Waals surface area contributed by atoms with Crippen LogP contribution in [0.1, 0.15) is 98.2 Å². The Kier molecular flexibility index (Phi) is 18.8. The Morgan fingerprint density at radius 1 is 0.880 bits per heavy atom. The van der Waals surface area contributed by atoms with Crippen molar-refractivity contribution in [1.82, 2.24) is 0 Å². The quantitative estimate of drug-likeness (QED) is 0.205. The third kappa shape index (κ3) is 17.7. The lowest BCUT2D eigenvalue weighted by atomic mass is 10.1. The van der Waals surface area contributed by atoms with Gasteiger partial charge < -0.3 is 14.9 Å². The maximum atomic E-state index is 11.1. The van der Waals surface area contributed by atoms with Gasteiger partial charge in [0.15, 0.2) is 6.10 Å². The summed E-state index contributed by atoms with van der Waals surface area (Å²) in [6.07, 6.45) is 20.6. The molecule has 0 spiro atoms. The molecule has 0 amide bonds. The zero-order chi connectivity index (χ0) is 18.6. The Morgan fingerprint density at radius 3 is 1.88 bits per heavy atom. The van der Waals surface area contributed by atoms with Crippen LogP contribution in [0, 0.1) is 0 Å². The van der Waals surface area contributed by atoms with E-state index < -0.39 is 18.7 Å². The van der Waals surface area contributed by atoms with E-state index in [1.807, 2.05) is 0 Å². The van der Waals surface area contributed by atoms with Crippen molar-refractivity contribution in [2.24, 2.45) is 0 Å². The van der Waals surface area contributed by atoms with Crippen LogP contribution < -0.4 is 0 Å². The molecule has 0 radical (unpaired) electrons. The highest BCUT2D eigenvalue weighted by atomic mass is 16.5. The number of allylic oxidation sites excluding steroid dienone is 2. The second-order valence-electron chi connectivity index (χ2n) is 6.80. The summed E-state index contributed by atoms with van der Waals surface area (Å²) >= 11 is 0. The summed E-state index contributed by atoms with van der Waals surface area (Å²) in [4.78, 5) is 11.1. The lowest BCUT2D eigenvalue weighted by molar-refractivity contribution is -0.155. The molecule has 0 aliphatic rings. The van der Waals surface area contributed by atoms with Gasteiger partial charge in [0, 0.05) is 0 Å². The Morgan fingerprint density at radius 2 is 1.36 bits per heavy atom. The third-order valence-corrected chi connectivity index (χ3v) is 4.35. The summed E-state index contributed by atoms with van der Waals surface area (Å²) in [5, 5.41) is 17.6. The van der Waals surface area contributed by atoms with Gasteiger partial charge in [0.2, 0.25) is 0 Å². The Labute approximate surface area is 156 Å². The minimum absolute atomic E-state index is 0. The van der Waals surface area contributed by atoms with Gasteiger partial charge in [-0.05, 0) is 32.1 Å². The number of ether oxygens (including phenoxy) is 1. The molecular weight excluding hydrogens is 316 g/mol. The Balaban J connectivity index is 0. The van der Waals surface area contributed by atoms with E-state index in [9.17, 15) is 4.79 Å². The van der Waals surface area contributed by atoms with Gasteiger partial charge >= 0.3 is 7.40 Å². The summed E-state index contributed by atoms with van der Waals surface area (Å²) in [7, 11) is 0. The van der Waals surface area contributed by atoms with E-state index in [2.05, 4.69) is 19.1 Å². The number of hydrogen-bond acceptors (Lipinski definition) is 4. The highest BCUT2D eigenvalue weighted by molar-refractivity contribution is 5.74. The molecule has 0 aliphatic carbocycles. The predicted molar refractivity (Wildman–Crippen MR) is 105 cm³/mol. The van der Waals surface area contributed by atoms with Gasteiger partial charge in [-0.25, -0.2) is 4.79 Å². The average molecular weight is 358 g/mol. The topological polar surface area (TPSA) is 66.8 Å². The van der Waals surface area contributed by atoms with Crippen LogP contribution >= 0.6 is 0 Å². The molecule has 2 N–H and O–H groups in total. The van der Waals surface area contributed by atoms with Gasteiger partial charge in [0.05, 0.1) is 13.2 Å². The van der Waals surface area contributed by atoms with Crippen molar-refractivity contribution in [2.75, 3.05) is 13.2 Å². The zero-order valence-corrected chi connectivity index (χ0v) is 16.3. The molecule has 0 saturated carbocycles. The fourth-order valence-corrected chi connectivity index (χ4v) is 2.69. The molecule has 0 saturated heterocycles. The molecule has 0 aliphatic heterocycles. The van der Waals surface area contributed by atoms with E-state index in [0.717, 1.165) is 19.3 Å². The van der Waals surface area contributed by atoms with Crippen molar-refractivity contribution in [1.29, 1.82) is 0 Å². The van der Waals surface area contributed by atoms with E-state index in [0.29, 0.717) is 6.61 Å². The monoisotopic (exact) mass is 357 g/mol. The Bertz CT molecular complexity index is 321. The van der Waals surface area contributed by atoms with Gasteiger partial charge in [-0.2, -0.15) is 0 Å². The van der Waals surface area contributed by atoms with Crippen molar-refractivity contribution < 1.29 is 21.2 Å². The van der Waals surface area contributed by atoms with Gasteiger partial charge in [0.1, 0.15) is 0 Å². The minimum atomic E-state index is -1.39.